The number of benzene rings is 1. The van der Waals surface area contributed by atoms with Crippen LogP contribution in [0.2, 0.25) is 0 Å². The third kappa shape index (κ3) is 1.63. The maximum atomic E-state index is 13.0. The van der Waals surface area contributed by atoms with E-state index in [1.807, 2.05) is 4.68 Å². The highest BCUT2D eigenvalue weighted by Gasteiger charge is 2.36. The number of nitrogens with one attached hydrogen (secondary N) is 1. The van der Waals surface area contributed by atoms with E-state index in [1.165, 1.54) is 36.2 Å². The van der Waals surface area contributed by atoms with Crippen molar-refractivity contribution in [3.63, 3.8) is 0 Å². The molecule has 1 saturated heterocycles. The molecule has 0 aliphatic carbocycles. The molecule has 4 heteroatoms. The summed E-state index contributed by atoms with van der Waals surface area (Å²) in [7, 11) is 0. The Morgan fingerprint density at radius 1 is 1.26 bits per heavy atom. The van der Waals surface area contributed by atoms with Crippen LogP contribution in [0.15, 0.2) is 24.3 Å². The van der Waals surface area contributed by atoms with E-state index in [9.17, 15) is 4.39 Å². The van der Waals surface area contributed by atoms with Crippen LogP contribution in [0.25, 0.3) is 5.69 Å². The van der Waals surface area contributed by atoms with Crippen LogP contribution in [0.3, 0.4) is 0 Å². The molecule has 0 spiro atoms. The van der Waals surface area contributed by atoms with Gasteiger partial charge in [0.1, 0.15) is 5.82 Å². The molecule has 1 aromatic carbocycles. The highest BCUT2D eigenvalue weighted by atomic mass is 19.1. The fourth-order valence-electron chi connectivity index (χ4n) is 3.47. The third-order valence-electron chi connectivity index (χ3n) is 4.31. The van der Waals surface area contributed by atoms with Gasteiger partial charge in [-0.2, -0.15) is 5.10 Å². The van der Waals surface area contributed by atoms with Gasteiger partial charge in [0.05, 0.1) is 17.1 Å². The molecular formula is C15H16FN3. The first kappa shape index (κ1) is 11.2. The highest BCUT2D eigenvalue weighted by molar-refractivity contribution is 5.41. The lowest BCUT2D eigenvalue weighted by Gasteiger charge is -2.23. The summed E-state index contributed by atoms with van der Waals surface area (Å²) in [6.07, 6.45) is 3.46. The average molecular weight is 257 g/mol. The van der Waals surface area contributed by atoms with Crippen molar-refractivity contribution in [2.75, 3.05) is 0 Å². The number of nitrogens with zero attached hydrogens (tertiary/aromatic N) is 2. The van der Waals surface area contributed by atoms with Crippen molar-refractivity contribution in [3.05, 3.63) is 47.0 Å². The van der Waals surface area contributed by atoms with Gasteiger partial charge in [0.2, 0.25) is 0 Å². The number of hydrogen-bond acceptors (Lipinski definition) is 2. The number of rotatable bonds is 1. The van der Waals surface area contributed by atoms with E-state index in [4.69, 9.17) is 0 Å². The Kier molecular flexibility index (Phi) is 2.30. The second-order valence-corrected chi connectivity index (χ2v) is 5.53. The van der Waals surface area contributed by atoms with Gasteiger partial charge in [-0.25, -0.2) is 9.07 Å². The predicted octanol–water partition coefficient (Wildman–Crippen LogP) is 2.67. The molecule has 1 aromatic heterocycles. The van der Waals surface area contributed by atoms with Crippen LogP contribution in [-0.4, -0.2) is 15.8 Å². The maximum Gasteiger partial charge on any atom is 0.123 e. The molecule has 4 rings (SSSR count). The van der Waals surface area contributed by atoms with Gasteiger partial charge in [0.15, 0.2) is 0 Å². The van der Waals surface area contributed by atoms with Gasteiger partial charge < -0.3 is 5.32 Å². The largest absolute Gasteiger partial charge is 0.307 e. The number of aromatic nitrogens is 2. The minimum Gasteiger partial charge on any atom is -0.307 e. The smallest absolute Gasteiger partial charge is 0.123 e. The van der Waals surface area contributed by atoms with Gasteiger partial charge in [-0.3, -0.25) is 0 Å². The van der Waals surface area contributed by atoms with Gasteiger partial charge >= 0.3 is 0 Å². The highest BCUT2D eigenvalue weighted by Crippen LogP contribution is 2.38. The fraction of sp³-hybridized carbons (Fsp3) is 0.400. The zero-order valence-corrected chi connectivity index (χ0v) is 10.9. The number of fused-ring (bicyclic) bond motifs is 4. The van der Waals surface area contributed by atoms with E-state index in [-0.39, 0.29) is 5.82 Å². The van der Waals surface area contributed by atoms with E-state index < -0.39 is 0 Å². The summed E-state index contributed by atoms with van der Waals surface area (Å²) < 4.78 is 15.0. The standard InChI is InChI=1S/C15H16FN3/c1-9-15-13-7-4-11(17-13)8-14(15)19(18-9)12-5-2-10(16)3-6-12/h2-3,5-6,11,13,17H,4,7-8H2,1H3/t11-,13+/m0/s1. The van der Waals surface area contributed by atoms with Gasteiger partial charge in [0.25, 0.3) is 0 Å². The van der Waals surface area contributed by atoms with E-state index in [0.717, 1.165) is 17.8 Å². The maximum absolute atomic E-state index is 13.0. The van der Waals surface area contributed by atoms with Crippen molar-refractivity contribution < 1.29 is 4.39 Å². The van der Waals surface area contributed by atoms with Crippen molar-refractivity contribution >= 4 is 0 Å². The fourth-order valence-corrected chi connectivity index (χ4v) is 3.47. The van der Waals surface area contributed by atoms with Crippen LogP contribution in [0.5, 0.6) is 0 Å². The van der Waals surface area contributed by atoms with Crippen LogP contribution in [0.4, 0.5) is 4.39 Å². The SMILES string of the molecule is Cc1nn(-c2ccc(F)cc2)c2c1[C@H]1CC[C@@H](C2)N1. The van der Waals surface area contributed by atoms with E-state index in [0.29, 0.717) is 12.1 Å². The van der Waals surface area contributed by atoms with Crippen molar-refractivity contribution in [2.24, 2.45) is 0 Å². The molecule has 3 nitrogen and oxygen atoms in total. The number of aryl methyl sites for hydroxylation is 1. The monoisotopic (exact) mass is 257 g/mol. The van der Waals surface area contributed by atoms with Crippen molar-refractivity contribution in [3.8, 4) is 5.69 Å². The first-order valence-electron chi connectivity index (χ1n) is 6.83. The third-order valence-corrected chi connectivity index (χ3v) is 4.31. The Hall–Kier alpha value is -1.68. The molecular weight excluding hydrogens is 241 g/mol. The van der Waals surface area contributed by atoms with E-state index >= 15 is 0 Å². The topological polar surface area (TPSA) is 29.9 Å². The number of hydrogen-bond donors (Lipinski definition) is 1. The molecule has 98 valence electrons. The van der Waals surface area contributed by atoms with Crippen molar-refractivity contribution in [2.45, 2.75) is 38.3 Å². The van der Waals surface area contributed by atoms with Crippen molar-refractivity contribution in [1.82, 2.24) is 15.1 Å². The van der Waals surface area contributed by atoms with Gasteiger partial charge in [-0.1, -0.05) is 0 Å². The second-order valence-electron chi connectivity index (χ2n) is 5.53. The van der Waals surface area contributed by atoms with Crippen LogP contribution < -0.4 is 5.32 Å². The van der Waals surface area contributed by atoms with Crippen LogP contribution in [0, 0.1) is 12.7 Å². The molecule has 1 N–H and O–H groups in total. The predicted molar refractivity (Wildman–Crippen MR) is 70.9 cm³/mol. The van der Waals surface area contributed by atoms with Crippen molar-refractivity contribution in [1.29, 1.82) is 0 Å². The molecule has 2 aromatic rings. The van der Waals surface area contributed by atoms with Crippen LogP contribution >= 0.6 is 0 Å². The summed E-state index contributed by atoms with van der Waals surface area (Å²) in [5.41, 5.74) is 4.71. The minimum absolute atomic E-state index is 0.205. The Morgan fingerprint density at radius 3 is 2.84 bits per heavy atom. The first-order valence-corrected chi connectivity index (χ1v) is 6.83. The van der Waals surface area contributed by atoms with Crippen LogP contribution in [-0.2, 0) is 6.42 Å². The Balaban J connectivity index is 1.86. The molecule has 2 bridgehead atoms. The Bertz CT molecular complexity index is 630. The van der Waals surface area contributed by atoms with E-state index in [2.05, 4.69) is 17.3 Å². The molecule has 2 aliphatic heterocycles. The molecule has 0 saturated carbocycles. The lowest BCUT2D eigenvalue weighted by molar-refractivity contribution is 0.503. The molecule has 2 atom stereocenters. The summed E-state index contributed by atoms with van der Waals surface area (Å²) in [5.74, 6) is -0.205. The summed E-state index contributed by atoms with van der Waals surface area (Å²) in [6.45, 7) is 2.07. The van der Waals surface area contributed by atoms with Gasteiger partial charge in [-0.15, -0.1) is 0 Å². The Labute approximate surface area is 111 Å². The molecule has 3 heterocycles. The van der Waals surface area contributed by atoms with E-state index in [1.54, 1.807) is 12.1 Å². The second kappa shape index (κ2) is 3.90. The lowest BCUT2D eigenvalue weighted by atomic mass is 10.00. The van der Waals surface area contributed by atoms with Gasteiger partial charge in [-0.05, 0) is 44.0 Å². The normalized spacial score (nSPS) is 24.5. The zero-order chi connectivity index (χ0) is 13.0. The number of halogens is 1. The average Bonchev–Trinajstić information content (AvgIpc) is 2.93. The Morgan fingerprint density at radius 2 is 2.05 bits per heavy atom. The quantitative estimate of drug-likeness (QED) is 0.851. The molecule has 0 unspecified atom stereocenters. The molecule has 19 heavy (non-hydrogen) atoms. The van der Waals surface area contributed by atoms with Gasteiger partial charge in [0, 0.05) is 24.1 Å². The zero-order valence-electron chi connectivity index (χ0n) is 10.9. The first-order chi connectivity index (χ1) is 9.22. The van der Waals surface area contributed by atoms with Crippen LogP contribution in [0.1, 0.15) is 35.8 Å². The summed E-state index contributed by atoms with van der Waals surface area (Å²) in [6, 6.07) is 7.62. The molecule has 2 aliphatic rings. The summed E-state index contributed by atoms with van der Waals surface area (Å²) in [5, 5.41) is 8.31. The summed E-state index contributed by atoms with van der Waals surface area (Å²) in [4.78, 5) is 0. The minimum atomic E-state index is -0.205. The molecule has 0 amide bonds. The molecule has 1 fully saturated rings. The summed E-state index contributed by atoms with van der Waals surface area (Å²) >= 11 is 0. The lowest BCUT2D eigenvalue weighted by Crippen LogP contribution is -2.32. The molecule has 0 radical (unpaired) electrons.